The predicted molar refractivity (Wildman–Crippen MR) is 87.6 cm³/mol. The lowest BCUT2D eigenvalue weighted by molar-refractivity contribution is 0.102. The molecule has 0 fully saturated rings. The average Bonchev–Trinajstić information content (AvgIpc) is 3.25. The summed E-state index contributed by atoms with van der Waals surface area (Å²) in [7, 11) is 0. The molecule has 0 unspecified atom stereocenters. The Labute approximate surface area is 131 Å². The van der Waals surface area contributed by atoms with Crippen LogP contribution in [0.2, 0.25) is 0 Å². The molecule has 0 atom stereocenters. The monoisotopic (exact) mass is 303 g/mol. The Morgan fingerprint density at radius 1 is 1.04 bits per heavy atom. The molecule has 6 nitrogen and oxygen atoms in total. The zero-order valence-electron chi connectivity index (χ0n) is 12.1. The number of para-hydroxylation sites is 1. The summed E-state index contributed by atoms with van der Waals surface area (Å²) >= 11 is 0. The van der Waals surface area contributed by atoms with Crippen LogP contribution >= 0.6 is 0 Å². The van der Waals surface area contributed by atoms with Crippen LogP contribution in [0.15, 0.2) is 67.0 Å². The molecule has 2 aromatic carbocycles. The summed E-state index contributed by atoms with van der Waals surface area (Å²) in [6, 6.07) is 16.9. The maximum atomic E-state index is 12.4. The third-order valence-electron chi connectivity index (χ3n) is 3.58. The molecule has 6 heteroatoms. The van der Waals surface area contributed by atoms with E-state index in [0.29, 0.717) is 11.4 Å². The van der Waals surface area contributed by atoms with Crippen molar-refractivity contribution in [3.63, 3.8) is 0 Å². The van der Waals surface area contributed by atoms with Crippen LogP contribution in [0.4, 0.5) is 5.69 Å². The predicted octanol–water partition coefficient (Wildman–Crippen LogP) is 3.00. The van der Waals surface area contributed by atoms with Gasteiger partial charge in [-0.05, 0) is 36.4 Å². The minimum Gasteiger partial charge on any atom is -0.321 e. The summed E-state index contributed by atoms with van der Waals surface area (Å²) < 4.78 is 1.76. The Morgan fingerprint density at radius 3 is 2.65 bits per heavy atom. The van der Waals surface area contributed by atoms with Crippen LogP contribution in [0, 0.1) is 0 Å². The lowest BCUT2D eigenvalue weighted by Crippen LogP contribution is -2.12. The van der Waals surface area contributed by atoms with Gasteiger partial charge in [0.05, 0.1) is 11.2 Å². The number of nitrogens with zero attached hydrogens (tertiary/aromatic N) is 3. The van der Waals surface area contributed by atoms with Crippen molar-refractivity contribution < 1.29 is 4.79 Å². The van der Waals surface area contributed by atoms with Crippen LogP contribution in [0.3, 0.4) is 0 Å². The van der Waals surface area contributed by atoms with Crippen molar-refractivity contribution in [2.75, 3.05) is 5.32 Å². The van der Waals surface area contributed by atoms with E-state index < -0.39 is 0 Å². The summed E-state index contributed by atoms with van der Waals surface area (Å²) in [5.74, 6) is -0.241. The lowest BCUT2D eigenvalue weighted by atomic mass is 10.2. The number of aromatic nitrogens is 4. The molecule has 0 aliphatic carbocycles. The second-order valence-corrected chi connectivity index (χ2v) is 5.07. The van der Waals surface area contributed by atoms with Gasteiger partial charge in [-0.2, -0.15) is 10.2 Å². The third-order valence-corrected chi connectivity index (χ3v) is 3.58. The van der Waals surface area contributed by atoms with E-state index in [1.54, 1.807) is 10.9 Å². The van der Waals surface area contributed by atoms with Crippen molar-refractivity contribution in [1.82, 2.24) is 20.0 Å². The minimum absolute atomic E-state index is 0.241. The summed E-state index contributed by atoms with van der Waals surface area (Å²) in [5.41, 5.74) is 2.86. The Bertz CT molecular complexity index is 954. The van der Waals surface area contributed by atoms with Gasteiger partial charge >= 0.3 is 0 Å². The van der Waals surface area contributed by atoms with Gasteiger partial charge in [-0.1, -0.05) is 18.2 Å². The van der Waals surface area contributed by atoms with Crippen molar-refractivity contribution in [3.05, 3.63) is 72.7 Å². The molecule has 0 saturated heterocycles. The van der Waals surface area contributed by atoms with Crippen molar-refractivity contribution in [1.29, 1.82) is 0 Å². The highest BCUT2D eigenvalue weighted by atomic mass is 16.1. The number of rotatable bonds is 3. The number of carbonyl (C=O) groups is 1. The zero-order valence-corrected chi connectivity index (χ0v) is 12.1. The fourth-order valence-corrected chi connectivity index (χ4v) is 2.45. The lowest BCUT2D eigenvalue weighted by Gasteiger charge is -2.05. The quantitative estimate of drug-likeness (QED) is 0.611. The summed E-state index contributed by atoms with van der Waals surface area (Å²) in [6.45, 7) is 0. The molecular weight excluding hydrogens is 290 g/mol. The Hall–Kier alpha value is -3.41. The molecule has 4 rings (SSSR count). The largest absolute Gasteiger partial charge is 0.321 e. The van der Waals surface area contributed by atoms with Crippen molar-refractivity contribution in [2.45, 2.75) is 0 Å². The van der Waals surface area contributed by atoms with Crippen LogP contribution in [0.25, 0.3) is 16.6 Å². The number of hydrogen-bond donors (Lipinski definition) is 2. The van der Waals surface area contributed by atoms with Crippen LogP contribution < -0.4 is 5.32 Å². The van der Waals surface area contributed by atoms with E-state index >= 15 is 0 Å². The van der Waals surface area contributed by atoms with E-state index in [-0.39, 0.29) is 5.91 Å². The molecule has 0 bridgehead atoms. The highest BCUT2D eigenvalue weighted by Crippen LogP contribution is 2.18. The topological polar surface area (TPSA) is 75.6 Å². The minimum atomic E-state index is -0.241. The van der Waals surface area contributed by atoms with Gasteiger partial charge in [0, 0.05) is 23.5 Å². The van der Waals surface area contributed by atoms with E-state index in [1.165, 1.54) is 0 Å². The SMILES string of the molecule is O=C(Nc1ccc(-n2cccn2)cc1)c1n[nH]c2ccccc12. The standard InChI is InChI=1S/C17H13N5O/c23-17(16-14-4-1-2-5-15(14)20-21-16)19-12-6-8-13(9-7-12)22-11-3-10-18-22/h1-11H,(H,19,23)(H,20,21). The molecule has 112 valence electrons. The van der Waals surface area contributed by atoms with Crippen LogP contribution in [0.1, 0.15) is 10.5 Å². The number of nitrogens with one attached hydrogen (secondary N) is 2. The first kappa shape index (κ1) is 13.3. The molecular formula is C17H13N5O. The highest BCUT2D eigenvalue weighted by molar-refractivity contribution is 6.11. The van der Waals surface area contributed by atoms with Crippen molar-refractivity contribution in [3.8, 4) is 5.69 Å². The summed E-state index contributed by atoms with van der Waals surface area (Å²) in [4.78, 5) is 12.4. The van der Waals surface area contributed by atoms with Gasteiger partial charge in [0.25, 0.3) is 5.91 Å². The molecule has 23 heavy (non-hydrogen) atoms. The number of carbonyl (C=O) groups excluding carboxylic acids is 1. The van der Waals surface area contributed by atoms with Gasteiger partial charge in [0.15, 0.2) is 5.69 Å². The second-order valence-electron chi connectivity index (χ2n) is 5.07. The maximum Gasteiger partial charge on any atom is 0.276 e. The van der Waals surface area contributed by atoms with Gasteiger partial charge in [0.2, 0.25) is 0 Å². The fourth-order valence-electron chi connectivity index (χ4n) is 2.45. The third kappa shape index (κ3) is 2.46. The number of hydrogen-bond acceptors (Lipinski definition) is 3. The number of H-pyrrole nitrogens is 1. The smallest absolute Gasteiger partial charge is 0.276 e. The Kier molecular flexibility index (Phi) is 3.12. The van der Waals surface area contributed by atoms with Gasteiger partial charge in [0.1, 0.15) is 0 Å². The molecule has 0 spiro atoms. The average molecular weight is 303 g/mol. The molecule has 0 radical (unpaired) electrons. The van der Waals surface area contributed by atoms with Crippen LogP contribution in [-0.2, 0) is 0 Å². The number of aromatic amines is 1. The van der Waals surface area contributed by atoms with E-state index in [9.17, 15) is 4.79 Å². The second kappa shape index (κ2) is 5.42. The number of amides is 1. The van der Waals surface area contributed by atoms with Gasteiger partial charge in [-0.15, -0.1) is 0 Å². The van der Waals surface area contributed by atoms with Gasteiger partial charge < -0.3 is 5.32 Å². The summed E-state index contributed by atoms with van der Waals surface area (Å²) in [6.07, 6.45) is 3.59. The van der Waals surface area contributed by atoms with E-state index in [2.05, 4.69) is 20.6 Å². The number of fused-ring (bicyclic) bond motifs is 1. The molecule has 0 saturated carbocycles. The first-order valence-corrected chi connectivity index (χ1v) is 7.16. The molecule has 2 aromatic heterocycles. The molecule has 2 N–H and O–H groups in total. The van der Waals surface area contributed by atoms with Gasteiger partial charge in [-0.3, -0.25) is 9.89 Å². The fraction of sp³-hybridized carbons (Fsp3) is 0. The first-order valence-electron chi connectivity index (χ1n) is 7.16. The first-order chi connectivity index (χ1) is 11.3. The number of benzene rings is 2. The molecule has 4 aromatic rings. The van der Waals surface area contributed by atoms with E-state index in [4.69, 9.17) is 0 Å². The highest BCUT2D eigenvalue weighted by Gasteiger charge is 2.13. The molecule has 0 aliphatic rings. The zero-order chi connectivity index (χ0) is 15.6. The van der Waals surface area contributed by atoms with Crippen molar-refractivity contribution >= 4 is 22.5 Å². The Balaban J connectivity index is 1.57. The van der Waals surface area contributed by atoms with E-state index in [1.807, 2.05) is 60.8 Å². The van der Waals surface area contributed by atoms with Gasteiger partial charge in [-0.25, -0.2) is 4.68 Å². The normalized spacial score (nSPS) is 10.8. The summed E-state index contributed by atoms with van der Waals surface area (Å²) in [5, 5.41) is 14.8. The number of anilines is 1. The molecule has 2 heterocycles. The molecule has 1 amide bonds. The van der Waals surface area contributed by atoms with Crippen molar-refractivity contribution in [2.24, 2.45) is 0 Å². The van der Waals surface area contributed by atoms with Crippen LogP contribution in [0.5, 0.6) is 0 Å². The Morgan fingerprint density at radius 2 is 1.87 bits per heavy atom. The van der Waals surface area contributed by atoms with Crippen LogP contribution in [-0.4, -0.2) is 25.9 Å². The maximum absolute atomic E-state index is 12.4. The van der Waals surface area contributed by atoms with E-state index in [0.717, 1.165) is 16.6 Å². The molecule has 0 aliphatic heterocycles.